The number of aromatic nitrogens is 2. The predicted octanol–water partition coefficient (Wildman–Crippen LogP) is 3.04. The van der Waals surface area contributed by atoms with Crippen molar-refractivity contribution in [3.63, 3.8) is 0 Å². The van der Waals surface area contributed by atoms with Gasteiger partial charge in [0.2, 0.25) is 0 Å². The standard InChI is InChI=1S/C18H11FN4O3S/c1-9-14(21-8-27-9)16(24)22-13-5-4-10(7-12(13)19)23-17(25)11-3-2-6-20-15(11)18(23)26/h2-8H,1H3,(H,22,24). The number of nitrogens with one attached hydrogen (secondary N) is 1. The van der Waals surface area contributed by atoms with Crippen LogP contribution in [0.3, 0.4) is 0 Å². The molecule has 0 fully saturated rings. The first-order chi connectivity index (χ1) is 13.0. The average Bonchev–Trinajstić information content (AvgIpc) is 3.19. The number of nitrogens with zero attached hydrogens (tertiary/aromatic N) is 3. The Hall–Kier alpha value is -3.46. The van der Waals surface area contributed by atoms with Crippen molar-refractivity contribution in [2.24, 2.45) is 0 Å². The lowest BCUT2D eigenvalue weighted by molar-refractivity contribution is 0.0923. The van der Waals surface area contributed by atoms with Gasteiger partial charge in [0.25, 0.3) is 17.7 Å². The van der Waals surface area contributed by atoms with Gasteiger partial charge in [-0.1, -0.05) is 0 Å². The lowest BCUT2D eigenvalue weighted by Gasteiger charge is -2.15. The average molecular weight is 382 g/mol. The molecule has 7 nitrogen and oxygen atoms in total. The SMILES string of the molecule is Cc1scnc1C(=O)Nc1ccc(N2C(=O)c3cccnc3C2=O)cc1F. The predicted molar refractivity (Wildman–Crippen MR) is 96.6 cm³/mol. The van der Waals surface area contributed by atoms with Gasteiger partial charge >= 0.3 is 0 Å². The van der Waals surface area contributed by atoms with E-state index in [1.807, 2.05) is 0 Å². The summed E-state index contributed by atoms with van der Waals surface area (Å²) in [6.45, 7) is 1.74. The van der Waals surface area contributed by atoms with Crippen LogP contribution in [0.2, 0.25) is 0 Å². The molecular weight excluding hydrogens is 371 g/mol. The molecule has 1 N–H and O–H groups in total. The molecule has 3 aromatic rings. The van der Waals surface area contributed by atoms with Crippen LogP contribution in [0.5, 0.6) is 0 Å². The molecule has 0 atom stereocenters. The third-order valence-electron chi connectivity index (χ3n) is 4.07. The van der Waals surface area contributed by atoms with Gasteiger partial charge in [-0.2, -0.15) is 0 Å². The number of aryl methyl sites for hydroxylation is 1. The number of rotatable bonds is 3. The van der Waals surface area contributed by atoms with E-state index in [2.05, 4.69) is 15.3 Å². The summed E-state index contributed by atoms with van der Waals surface area (Å²) in [5.41, 5.74) is 1.92. The molecule has 0 aliphatic carbocycles. The quantitative estimate of drug-likeness (QED) is 0.703. The minimum Gasteiger partial charge on any atom is -0.318 e. The van der Waals surface area contributed by atoms with Gasteiger partial charge in [0, 0.05) is 17.1 Å². The van der Waals surface area contributed by atoms with Crippen LogP contribution in [0, 0.1) is 12.7 Å². The van der Waals surface area contributed by atoms with Gasteiger partial charge < -0.3 is 5.32 Å². The molecule has 0 spiro atoms. The number of hydrogen-bond donors (Lipinski definition) is 1. The zero-order valence-corrected chi connectivity index (χ0v) is 14.7. The number of halogens is 1. The van der Waals surface area contributed by atoms with Crippen molar-refractivity contribution in [3.8, 4) is 0 Å². The second-order valence-corrected chi connectivity index (χ2v) is 6.78. The van der Waals surface area contributed by atoms with Gasteiger partial charge in [-0.3, -0.25) is 19.4 Å². The normalized spacial score (nSPS) is 13.0. The summed E-state index contributed by atoms with van der Waals surface area (Å²) < 4.78 is 14.5. The minimum absolute atomic E-state index is 0.0271. The van der Waals surface area contributed by atoms with Crippen LogP contribution in [0.4, 0.5) is 15.8 Å². The van der Waals surface area contributed by atoms with Crippen LogP contribution in [-0.2, 0) is 0 Å². The summed E-state index contributed by atoms with van der Waals surface area (Å²) in [7, 11) is 0. The molecule has 3 amide bonds. The van der Waals surface area contributed by atoms with Crippen LogP contribution in [0.25, 0.3) is 0 Å². The lowest BCUT2D eigenvalue weighted by Crippen LogP contribution is -2.29. The Labute approximate surface area is 156 Å². The highest BCUT2D eigenvalue weighted by Gasteiger charge is 2.38. The highest BCUT2D eigenvalue weighted by molar-refractivity contribution is 7.09. The van der Waals surface area contributed by atoms with Gasteiger partial charge in [0.05, 0.1) is 22.4 Å². The first kappa shape index (κ1) is 17.0. The van der Waals surface area contributed by atoms with Gasteiger partial charge in [-0.05, 0) is 31.2 Å². The molecule has 2 aromatic heterocycles. The fourth-order valence-electron chi connectivity index (χ4n) is 2.75. The molecule has 1 aliphatic rings. The van der Waals surface area contributed by atoms with Gasteiger partial charge in [0.1, 0.15) is 17.2 Å². The number of imide groups is 1. The summed E-state index contributed by atoms with van der Waals surface area (Å²) in [5.74, 6) is -2.51. The van der Waals surface area contributed by atoms with E-state index in [9.17, 15) is 18.8 Å². The zero-order chi connectivity index (χ0) is 19.1. The van der Waals surface area contributed by atoms with E-state index in [4.69, 9.17) is 0 Å². The largest absolute Gasteiger partial charge is 0.318 e. The number of thiazole rings is 1. The molecule has 27 heavy (non-hydrogen) atoms. The van der Waals surface area contributed by atoms with Crippen molar-refractivity contribution in [1.29, 1.82) is 0 Å². The fourth-order valence-corrected chi connectivity index (χ4v) is 3.32. The molecule has 134 valence electrons. The molecular formula is C18H11FN4O3S. The Morgan fingerprint density at radius 3 is 2.67 bits per heavy atom. The third kappa shape index (κ3) is 2.77. The Balaban J connectivity index is 1.61. The highest BCUT2D eigenvalue weighted by atomic mass is 32.1. The summed E-state index contributed by atoms with van der Waals surface area (Å²) in [6.07, 6.45) is 1.41. The monoisotopic (exact) mass is 382 g/mol. The molecule has 0 radical (unpaired) electrons. The van der Waals surface area contributed by atoms with Crippen LogP contribution < -0.4 is 10.2 Å². The van der Waals surface area contributed by atoms with E-state index >= 15 is 0 Å². The van der Waals surface area contributed by atoms with Crippen molar-refractivity contribution in [1.82, 2.24) is 9.97 Å². The molecule has 9 heteroatoms. The van der Waals surface area contributed by atoms with Crippen molar-refractivity contribution >= 4 is 40.4 Å². The Morgan fingerprint density at radius 2 is 2.00 bits per heavy atom. The Morgan fingerprint density at radius 1 is 1.19 bits per heavy atom. The number of pyridine rings is 1. The number of hydrogen-bond acceptors (Lipinski definition) is 6. The van der Waals surface area contributed by atoms with Gasteiger partial charge in [0.15, 0.2) is 0 Å². The summed E-state index contributed by atoms with van der Waals surface area (Å²) >= 11 is 1.31. The number of amides is 3. The van der Waals surface area contributed by atoms with Crippen molar-refractivity contribution < 1.29 is 18.8 Å². The van der Waals surface area contributed by atoms with Crippen LogP contribution in [0.1, 0.15) is 36.2 Å². The number of benzene rings is 1. The van der Waals surface area contributed by atoms with E-state index in [0.717, 1.165) is 11.0 Å². The van der Waals surface area contributed by atoms with Crippen LogP contribution in [-0.4, -0.2) is 27.7 Å². The fraction of sp³-hybridized carbons (Fsp3) is 0.0556. The Kier molecular flexibility index (Phi) is 4.00. The van der Waals surface area contributed by atoms with Crippen LogP contribution in [0.15, 0.2) is 42.0 Å². The van der Waals surface area contributed by atoms with E-state index in [1.165, 1.54) is 41.2 Å². The first-order valence-electron chi connectivity index (χ1n) is 7.82. The maximum atomic E-state index is 14.5. The van der Waals surface area contributed by atoms with Crippen LogP contribution >= 0.6 is 11.3 Å². The number of carbonyl (C=O) groups is 3. The number of anilines is 2. The van der Waals surface area contributed by atoms with Gasteiger partial charge in [-0.15, -0.1) is 11.3 Å². The second-order valence-electron chi connectivity index (χ2n) is 5.72. The maximum absolute atomic E-state index is 14.5. The Bertz CT molecular complexity index is 1080. The van der Waals surface area contributed by atoms with E-state index in [1.54, 1.807) is 13.0 Å². The molecule has 3 heterocycles. The summed E-state index contributed by atoms with van der Waals surface area (Å²) in [6, 6.07) is 6.73. The highest BCUT2D eigenvalue weighted by Crippen LogP contribution is 2.29. The van der Waals surface area contributed by atoms with E-state index < -0.39 is 23.5 Å². The van der Waals surface area contributed by atoms with Gasteiger partial charge in [-0.25, -0.2) is 14.3 Å². The van der Waals surface area contributed by atoms with E-state index in [0.29, 0.717) is 4.88 Å². The minimum atomic E-state index is -0.779. The zero-order valence-electron chi connectivity index (χ0n) is 13.9. The molecule has 1 aromatic carbocycles. The summed E-state index contributed by atoms with van der Waals surface area (Å²) in [4.78, 5) is 46.5. The van der Waals surface area contributed by atoms with Crippen molar-refractivity contribution in [2.75, 3.05) is 10.2 Å². The maximum Gasteiger partial charge on any atom is 0.284 e. The number of carbonyl (C=O) groups excluding carboxylic acids is 3. The van der Waals surface area contributed by atoms with Crippen molar-refractivity contribution in [3.05, 3.63) is 69.7 Å². The lowest BCUT2D eigenvalue weighted by atomic mass is 10.2. The third-order valence-corrected chi connectivity index (χ3v) is 4.82. The molecule has 0 bridgehead atoms. The topological polar surface area (TPSA) is 92.3 Å². The molecule has 4 rings (SSSR count). The van der Waals surface area contributed by atoms with Crippen molar-refractivity contribution in [2.45, 2.75) is 6.92 Å². The molecule has 0 saturated heterocycles. The molecule has 0 unspecified atom stereocenters. The summed E-state index contributed by atoms with van der Waals surface area (Å²) in [5, 5.41) is 2.44. The smallest absolute Gasteiger partial charge is 0.284 e. The molecule has 0 saturated carbocycles. The first-order valence-corrected chi connectivity index (χ1v) is 8.70. The number of fused-ring (bicyclic) bond motifs is 1. The van der Waals surface area contributed by atoms with E-state index in [-0.39, 0.29) is 28.3 Å². The molecule has 1 aliphatic heterocycles. The second kappa shape index (κ2) is 6.36.